The molecule has 0 amide bonds. The van der Waals surface area contributed by atoms with Crippen LogP contribution in [-0.4, -0.2) is 39.8 Å². The van der Waals surface area contributed by atoms with Crippen LogP contribution in [0.2, 0.25) is 0 Å². The van der Waals surface area contributed by atoms with Crippen molar-refractivity contribution in [3.05, 3.63) is 17.7 Å². The van der Waals surface area contributed by atoms with Gasteiger partial charge in [0, 0.05) is 6.07 Å². The fourth-order valence-electron chi connectivity index (χ4n) is 2.17. The summed E-state index contributed by atoms with van der Waals surface area (Å²) >= 11 is 0. The van der Waals surface area contributed by atoms with Gasteiger partial charge < -0.3 is 14.6 Å². The van der Waals surface area contributed by atoms with Crippen molar-refractivity contribution in [2.24, 2.45) is 5.92 Å². The van der Waals surface area contributed by atoms with E-state index in [4.69, 9.17) is 9.47 Å². The molecule has 1 rings (SSSR count). The first-order valence-corrected chi connectivity index (χ1v) is 8.58. The van der Waals surface area contributed by atoms with Gasteiger partial charge in [0.15, 0.2) is 11.5 Å². The van der Waals surface area contributed by atoms with Crippen LogP contribution in [0.4, 0.5) is 0 Å². The molecule has 0 radical (unpaired) electrons. The highest BCUT2D eigenvalue weighted by Crippen LogP contribution is 2.32. The summed E-state index contributed by atoms with van der Waals surface area (Å²) < 4.78 is 37.6. The number of carbonyl (C=O) groups is 1. The number of methoxy groups -OCH3 is 2. The van der Waals surface area contributed by atoms with Gasteiger partial charge in [-0.05, 0) is 30.9 Å². The van der Waals surface area contributed by atoms with Crippen molar-refractivity contribution in [3.63, 3.8) is 0 Å². The fourth-order valence-corrected chi connectivity index (χ4v) is 3.62. The molecule has 8 heteroatoms. The Balaban J connectivity index is 3.24. The SMILES string of the molecule is COc1cc(C)c(S(=O)(=O)N[C@H](CC(C)C)C(=O)O)cc1OC. The molecule has 0 saturated heterocycles. The molecule has 0 fully saturated rings. The van der Waals surface area contributed by atoms with Crippen molar-refractivity contribution < 1.29 is 27.8 Å². The molecule has 0 unspecified atom stereocenters. The number of hydrogen-bond acceptors (Lipinski definition) is 5. The standard InChI is InChI=1S/C15H23NO6S/c1-9(2)6-11(15(17)18)16-23(19,20)14-8-13(22-5)12(21-4)7-10(14)3/h7-9,11,16H,6H2,1-5H3,(H,17,18)/t11-/m1/s1. The van der Waals surface area contributed by atoms with Crippen LogP contribution >= 0.6 is 0 Å². The predicted octanol–water partition coefficient (Wildman–Crippen LogP) is 1.79. The molecule has 0 aliphatic heterocycles. The number of rotatable bonds is 8. The number of benzene rings is 1. The Labute approximate surface area is 136 Å². The molecule has 1 aromatic carbocycles. The smallest absolute Gasteiger partial charge is 0.321 e. The van der Waals surface area contributed by atoms with E-state index in [0.717, 1.165) is 0 Å². The maximum absolute atomic E-state index is 12.5. The number of hydrogen-bond donors (Lipinski definition) is 2. The Morgan fingerprint density at radius 2 is 1.74 bits per heavy atom. The second-order valence-corrected chi connectivity index (χ2v) is 7.30. The molecule has 0 saturated carbocycles. The zero-order chi connectivity index (χ0) is 17.8. The molecule has 1 aromatic rings. The monoisotopic (exact) mass is 345 g/mol. The molecular formula is C15H23NO6S. The maximum Gasteiger partial charge on any atom is 0.321 e. The van der Waals surface area contributed by atoms with Crippen LogP contribution in [0.15, 0.2) is 17.0 Å². The Bertz CT molecular complexity index is 669. The average Bonchev–Trinajstić information content (AvgIpc) is 2.44. The van der Waals surface area contributed by atoms with Crippen LogP contribution in [0.1, 0.15) is 25.8 Å². The number of carboxylic acids is 1. The lowest BCUT2D eigenvalue weighted by Gasteiger charge is -2.18. The quantitative estimate of drug-likeness (QED) is 0.745. The third kappa shape index (κ3) is 4.84. The van der Waals surface area contributed by atoms with Crippen molar-refractivity contribution in [1.82, 2.24) is 4.72 Å². The average molecular weight is 345 g/mol. The minimum absolute atomic E-state index is 0.0327. The van der Waals surface area contributed by atoms with E-state index < -0.39 is 22.0 Å². The molecule has 0 aromatic heterocycles. The first-order valence-electron chi connectivity index (χ1n) is 7.10. The molecule has 2 N–H and O–H groups in total. The van der Waals surface area contributed by atoms with Crippen molar-refractivity contribution in [2.45, 2.75) is 38.1 Å². The third-order valence-corrected chi connectivity index (χ3v) is 4.89. The van der Waals surface area contributed by atoms with Crippen molar-refractivity contribution >= 4 is 16.0 Å². The number of aryl methyl sites for hydroxylation is 1. The number of ether oxygens (including phenoxy) is 2. The van der Waals surface area contributed by atoms with Crippen LogP contribution < -0.4 is 14.2 Å². The molecule has 1 atom stereocenters. The van der Waals surface area contributed by atoms with Gasteiger partial charge in [0.25, 0.3) is 0 Å². The highest BCUT2D eigenvalue weighted by atomic mass is 32.2. The van der Waals surface area contributed by atoms with Crippen LogP contribution in [-0.2, 0) is 14.8 Å². The van der Waals surface area contributed by atoms with E-state index in [-0.39, 0.29) is 23.0 Å². The Kier molecular flexibility index (Phi) is 6.40. The summed E-state index contributed by atoms with van der Waals surface area (Å²) in [7, 11) is -1.15. The topological polar surface area (TPSA) is 102 Å². The second kappa shape index (κ2) is 7.65. The van der Waals surface area contributed by atoms with E-state index in [1.54, 1.807) is 6.92 Å². The third-order valence-electron chi connectivity index (χ3n) is 3.27. The minimum atomic E-state index is -4.00. The predicted molar refractivity (Wildman–Crippen MR) is 85.5 cm³/mol. The fraction of sp³-hybridized carbons (Fsp3) is 0.533. The van der Waals surface area contributed by atoms with Gasteiger partial charge in [-0.1, -0.05) is 13.8 Å². The summed E-state index contributed by atoms with van der Waals surface area (Å²) in [6.07, 6.45) is 0.195. The highest BCUT2D eigenvalue weighted by Gasteiger charge is 2.28. The Hall–Kier alpha value is -1.80. The molecule has 0 bridgehead atoms. The van der Waals surface area contributed by atoms with E-state index in [2.05, 4.69) is 4.72 Å². The van der Waals surface area contributed by atoms with E-state index in [9.17, 15) is 18.3 Å². The van der Waals surface area contributed by atoms with E-state index in [1.807, 2.05) is 13.8 Å². The van der Waals surface area contributed by atoms with Gasteiger partial charge in [-0.2, -0.15) is 4.72 Å². The summed E-state index contributed by atoms with van der Waals surface area (Å²) in [4.78, 5) is 11.2. The Morgan fingerprint density at radius 1 is 1.22 bits per heavy atom. The minimum Gasteiger partial charge on any atom is -0.493 e. The first-order chi connectivity index (χ1) is 10.6. The largest absolute Gasteiger partial charge is 0.493 e. The summed E-state index contributed by atoms with van der Waals surface area (Å²) in [5.74, 6) is -0.513. The molecule has 0 heterocycles. The van der Waals surface area contributed by atoms with Gasteiger partial charge in [0.05, 0.1) is 19.1 Å². The summed E-state index contributed by atoms with van der Waals surface area (Å²) in [6.45, 7) is 5.26. The molecule has 0 spiro atoms. The lowest BCUT2D eigenvalue weighted by Crippen LogP contribution is -2.41. The molecule has 0 aliphatic carbocycles. The Morgan fingerprint density at radius 3 is 2.17 bits per heavy atom. The second-order valence-electron chi connectivity index (χ2n) is 5.61. The number of nitrogens with one attached hydrogen (secondary N) is 1. The lowest BCUT2D eigenvalue weighted by atomic mass is 10.1. The van der Waals surface area contributed by atoms with E-state index >= 15 is 0 Å². The van der Waals surface area contributed by atoms with Gasteiger partial charge in [0.1, 0.15) is 6.04 Å². The highest BCUT2D eigenvalue weighted by molar-refractivity contribution is 7.89. The van der Waals surface area contributed by atoms with E-state index in [0.29, 0.717) is 11.3 Å². The normalized spacial score (nSPS) is 13.0. The van der Waals surface area contributed by atoms with Gasteiger partial charge in [0.2, 0.25) is 10.0 Å². The molecular weight excluding hydrogens is 322 g/mol. The number of aliphatic carboxylic acids is 1. The van der Waals surface area contributed by atoms with Gasteiger partial charge in [-0.15, -0.1) is 0 Å². The zero-order valence-electron chi connectivity index (χ0n) is 13.9. The van der Waals surface area contributed by atoms with Crippen LogP contribution in [0.25, 0.3) is 0 Å². The van der Waals surface area contributed by atoms with Crippen molar-refractivity contribution in [2.75, 3.05) is 14.2 Å². The van der Waals surface area contributed by atoms with Crippen LogP contribution in [0, 0.1) is 12.8 Å². The maximum atomic E-state index is 12.5. The summed E-state index contributed by atoms with van der Waals surface area (Å²) in [6, 6.07) is 1.67. The molecule has 7 nitrogen and oxygen atoms in total. The number of sulfonamides is 1. The lowest BCUT2D eigenvalue weighted by molar-refractivity contribution is -0.139. The number of carboxylic acid groups (broad SMARTS) is 1. The van der Waals surface area contributed by atoms with Crippen molar-refractivity contribution in [3.8, 4) is 11.5 Å². The molecule has 130 valence electrons. The van der Waals surface area contributed by atoms with Gasteiger partial charge in [-0.25, -0.2) is 8.42 Å². The molecule has 23 heavy (non-hydrogen) atoms. The van der Waals surface area contributed by atoms with Gasteiger partial charge >= 0.3 is 5.97 Å². The summed E-state index contributed by atoms with van der Waals surface area (Å²) in [5, 5.41) is 9.21. The zero-order valence-corrected chi connectivity index (χ0v) is 14.7. The summed E-state index contributed by atoms with van der Waals surface area (Å²) in [5.41, 5.74) is 0.434. The van der Waals surface area contributed by atoms with Crippen molar-refractivity contribution in [1.29, 1.82) is 0 Å². The van der Waals surface area contributed by atoms with Crippen LogP contribution in [0.5, 0.6) is 11.5 Å². The van der Waals surface area contributed by atoms with Gasteiger partial charge in [-0.3, -0.25) is 4.79 Å². The first kappa shape index (κ1) is 19.2. The van der Waals surface area contributed by atoms with E-state index in [1.165, 1.54) is 26.4 Å². The molecule has 0 aliphatic rings. The van der Waals surface area contributed by atoms with Crippen LogP contribution in [0.3, 0.4) is 0 Å².